The number of rotatable bonds is 7. The predicted octanol–water partition coefficient (Wildman–Crippen LogP) is 5.12. The number of aliphatic hydroxyl groups excluding tert-OH is 1. The summed E-state index contributed by atoms with van der Waals surface area (Å²) in [4.78, 5) is 16.7. The Balaban J connectivity index is 1.23. The Morgan fingerprint density at radius 2 is 1.98 bits per heavy atom. The molecule has 7 heterocycles. The van der Waals surface area contributed by atoms with E-state index in [1.807, 2.05) is 25.1 Å². The van der Waals surface area contributed by atoms with E-state index in [4.69, 9.17) is 25.2 Å². The van der Waals surface area contributed by atoms with E-state index in [9.17, 15) is 14.8 Å². The van der Waals surface area contributed by atoms with Crippen LogP contribution in [0.5, 0.6) is 6.01 Å². The quantitative estimate of drug-likeness (QED) is 0.271. The van der Waals surface area contributed by atoms with Crippen LogP contribution in [-0.2, 0) is 18.0 Å². The highest BCUT2D eigenvalue weighted by Gasteiger charge is 2.50. The number of alkyl halides is 1. The second-order valence-corrected chi connectivity index (χ2v) is 15.6. The van der Waals surface area contributed by atoms with E-state index in [2.05, 4.69) is 20.8 Å². The number of halogens is 2. The van der Waals surface area contributed by atoms with Crippen molar-refractivity contribution < 1.29 is 23.4 Å². The lowest BCUT2D eigenvalue weighted by atomic mass is 9.90. The third-order valence-electron chi connectivity index (χ3n) is 11.4. The molecule has 0 amide bonds. The van der Waals surface area contributed by atoms with Gasteiger partial charge in [0.2, 0.25) is 0 Å². The Hall–Kier alpha value is -3.67. The number of nitrogens with zero attached hydrogens (tertiary/aromatic N) is 6. The molecule has 256 valence electrons. The molecule has 0 saturated carbocycles. The van der Waals surface area contributed by atoms with Gasteiger partial charge in [-0.1, -0.05) is 12.1 Å². The van der Waals surface area contributed by atoms with E-state index < -0.39 is 23.6 Å². The second kappa shape index (κ2) is 11.7. The standard InChI is InChI=1S/C36H39F2N7O3S/c1-19(46)12-43-14-21-6-7-22(15-43)45(21)34-30-26-17-47-16-25(26)29(23-4-2-5-27-28(23)24(11-39)33(40)49-27)31(38)32(30)41-35(42-34)48-18-36-8-3-9-44(36)13-20(37)10-36/h2,4-5,19-22,46H,3,6-10,12-18,40H2,1H3/t19-,20-,21?,22?,36?/m1/s1. The van der Waals surface area contributed by atoms with Gasteiger partial charge in [0.15, 0.2) is 5.82 Å². The second-order valence-electron chi connectivity index (χ2n) is 14.5. The molecule has 5 aliphatic rings. The van der Waals surface area contributed by atoms with Gasteiger partial charge < -0.3 is 25.2 Å². The van der Waals surface area contributed by atoms with Crippen molar-refractivity contribution in [2.24, 2.45) is 0 Å². The number of anilines is 2. The molecule has 4 saturated heterocycles. The highest BCUT2D eigenvalue weighted by atomic mass is 32.1. The van der Waals surface area contributed by atoms with Crippen molar-refractivity contribution in [3.8, 4) is 23.2 Å². The molecular formula is C36H39F2N7O3S. The number of aromatic nitrogens is 2. The molecule has 0 aliphatic carbocycles. The monoisotopic (exact) mass is 687 g/mol. The molecule has 2 aromatic carbocycles. The highest BCUT2D eigenvalue weighted by Crippen LogP contribution is 2.49. The molecule has 5 aliphatic heterocycles. The Morgan fingerprint density at radius 1 is 1.18 bits per heavy atom. The van der Waals surface area contributed by atoms with Crippen molar-refractivity contribution in [2.75, 3.05) is 50.0 Å². The van der Waals surface area contributed by atoms with Crippen molar-refractivity contribution in [1.29, 1.82) is 5.26 Å². The molecule has 3 unspecified atom stereocenters. The van der Waals surface area contributed by atoms with Crippen molar-refractivity contribution >= 4 is 43.1 Å². The highest BCUT2D eigenvalue weighted by molar-refractivity contribution is 7.23. The lowest BCUT2D eigenvalue weighted by molar-refractivity contribution is 0.107. The van der Waals surface area contributed by atoms with Gasteiger partial charge in [0.05, 0.1) is 35.8 Å². The minimum Gasteiger partial charge on any atom is -0.461 e. The van der Waals surface area contributed by atoms with Gasteiger partial charge in [-0.05, 0) is 61.9 Å². The molecular weight excluding hydrogens is 649 g/mol. The van der Waals surface area contributed by atoms with Crippen LogP contribution < -0.4 is 15.4 Å². The third kappa shape index (κ3) is 4.90. The summed E-state index contributed by atoms with van der Waals surface area (Å²) in [6.07, 6.45) is 2.79. The Labute approximate surface area is 287 Å². The first-order valence-electron chi connectivity index (χ1n) is 17.3. The van der Waals surface area contributed by atoms with Crippen LogP contribution in [0.1, 0.15) is 55.7 Å². The number of hydrogen-bond acceptors (Lipinski definition) is 11. The van der Waals surface area contributed by atoms with Crippen LogP contribution in [0.15, 0.2) is 18.2 Å². The average molecular weight is 688 g/mol. The van der Waals surface area contributed by atoms with Crippen molar-refractivity contribution in [1.82, 2.24) is 19.8 Å². The maximum atomic E-state index is 17.5. The van der Waals surface area contributed by atoms with E-state index in [-0.39, 0.29) is 43.4 Å². The summed E-state index contributed by atoms with van der Waals surface area (Å²) in [5, 5.41) is 21.8. The molecule has 2 bridgehead atoms. The van der Waals surface area contributed by atoms with Crippen molar-refractivity contribution in [2.45, 2.75) is 82.1 Å². The van der Waals surface area contributed by atoms with Crippen LogP contribution in [-0.4, -0.2) is 94.1 Å². The number of nitrogen functional groups attached to an aromatic ring is 1. The molecule has 10 nitrogen and oxygen atoms in total. The van der Waals surface area contributed by atoms with Gasteiger partial charge >= 0.3 is 6.01 Å². The summed E-state index contributed by atoms with van der Waals surface area (Å²) in [5.74, 6) is 0.127. The lowest BCUT2D eigenvalue weighted by Crippen LogP contribution is -2.55. The fourth-order valence-electron chi connectivity index (χ4n) is 9.52. The van der Waals surface area contributed by atoms with Gasteiger partial charge in [0.1, 0.15) is 35.2 Å². The fourth-order valence-corrected chi connectivity index (χ4v) is 10.5. The minimum absolute atomic E-state index is 0.0799. The van der Waals surface area contributed by atoms with Gasteiger partial charge in [-0.2, -0.15) is 15.2 Å². The number of piperazine rings is 1. The van der Waals surface area contributed by atoms with Crippen molar-refractivity contribution in [3.05, 3.63) is 40.7 Å². The van der Waals surface area contributed by atoms with Crippen LogP contribution in [0.2, 0.25) is 0 Å². The third-order valence-corrected chi connectivity index (χ3v) is 12.4. The number of nitrogens with two attached hydrogens (primary N) is 1. The topological polar surface area (TPSA) is 124 Å². The molecule has 2 aromatic heterocycles. The molecule has 5 atom stereocenters. The zero-order chi connectivity index (χ0) is 33.6. The summed E-state index contributed by atoms with van der Waals surface area (Å²) < 4.78 is 45.4. The number of nitriles is 1. The van der Waals surface area contributed by atoms with Crippen LogP contribution in [0.25, 0.3) is 32.1 Å². The Morgan fingerprint density at radius 3 is 2.76 bits per heavy atom. The number of benzene rings is 2. The number of fused-ring (bicyclic) bond motifs is 7. The average Bonchev–Trinajstić information content (AvgIpc) is 3.87. The summed E-state index contributed by atoms with van der Waals surface area (Å²) in [6, 6.07) is 8.15. The first kappa shape index (κ1) is 31.3. The zero-order valence-corrected chi connectivity index (χ0v) is 28.2. The van der Waals surface area contributed by atoms with E-state index in [0.29, 0.717) is 57.8 Å². The van der Waals surface area contributed by atoms with E-state index >= 15 is 4.39 Å². The number of β-amino-alcohol motifs (C(OH)–C–C–N with tert-alkyl or cyclic N) is 1. The van der Waals surface area contributed by atoms with Gasteiger partial charge in [-0.15, -0.1) is 11.3 Å². The summed E-state index contributed by atoms with van der Waals surface area (Å²) in [6.45, 7) is 5.88. The Bertz CT molecular complexity index is 2020. The fraction of sp³-hybridized carbons (Fsp3) is 0.528. The molecule has 4 fully saturated rings. The smallest absolute Gasteiger partial charge is 0.319 e. The normalized spacial score (nSPS) is 27.2. The summed E-state index contributed by atoms with van der Waals surface area (Å²) in [7, 11) is 0. The zero-order valence-electron chi connectivity index (χ0n) is 27.4. The number of hydrogen-bond donors (Lipinski definition) is 2. The molecule has 3 N–H and O–H groups in total. The molecule has 49 heavy (non-hydrogen) atoms. The van der Waals surface area contributed by atoms with Crippen molar-refractivity contribution in [3.63, 3.8) is 0 Å². The lowest BCUT2D eigenvalue weighted by Gasteiger charge is -2.42. The molecule has 4 aromatic rings. The van der Waals surface area contributed by atoms with E-state index in [1.165, 1.54) is 11.3 Å². The summed E-state index contributed by atoms with van der Waals surface area (Å²) in [5.41, 5.74) is 8.85. The number of aliphatic hydroxyl groups is 1. The SMILES string of the molecule is C[C@@H](O)CN1CC2CCC(C1)N2c1nc(OCC23CCCN2C[C@H](F)C3)nc2c(F)c(-c3cccc4sc(N)c(C#N)c34)c3c(c12)COC3. The maximum absolute atomic E-state index is 17.5. The van der Waals surface area contributed by atoms with Crippen LogP contribution in [0, 0.1) is 17.1 Å². The first-order chi connectivity index (χ1) is 23.7. The molecule has 9 rings (SSSR count). The summed E-state index contributed by atoms with van der Waals surface area (Å²) >= 11 is 1.31. The number of thiophene rings is 1. The van der Waals surface area contributed by atoms with Crippen LogP contribution in [0.4, 0.5) is 19.6 Å². The predicted molar refractivity (Wildman–Crippen MR) is 184 cm³/mol. The molecule has 0 spiro atoms. The van der Waals surface area contributed by atoms with Gasteiger partial charge in [0.25, 0.3) is 0 Å². The largest absolute Gasteiger partial charge is 0.461 e. The molecule has 13 heteroatoms. The van der Waals surface area contributed by atoms with Gasteiger partial charge in [0, 0.05) is 60.3 Å². The van der Waals surface area contributed by atoms with Gasteiger partial charge in [-0.25, -0.2) is 8.78 Å². The Kier molecular flexibility index (Phi) is 7.48. The molecule has 0 radical (unpaired) electrons. The number of likely N-dealkylation sites (tertiary alicyclic amines) is 1. The van der Waals surface area contributed by atoms with Gasteiger partial charge in [-0.3, -0.25) is 9.80 Å². The first-order valence-corrected chi connectivity index (χ1v) is 18.1. The van der Waals surface area contributed by atoms with E-state index in [0.717, 1.165) is 61.1 Å². The minimum atomic E-state index is -0.903. The maximum Gasteiger partial charge on any atom is 0.319 e. The van der Waals surface area contributed by atoms with Crippen LogP contribution in [0.3, 0.4) is 0 Å². The van der Waals surface area contributed by atoms with E-state index in [1.54, 1.807) is 0 Å². The number of ether oxygens (including phenoxy) is 2. The van der Waals surface area contributed by atoms with Crippen LogP contribution >= 0.6 is 11.3 Å².